The van der Waals surface area contributed by atoms with Gasteiger partial charge in [0, 0.05) is 19.6 Å². The molecule has 3 rings (SSSR count). The second-order valence-electron chi connectivity index (χ2n) is 6.60. The van der Waals surface area contributed by atoms with Gasteiger partial charge in [0.05, 0.1) is 12.8 Å². The van der Waals surface area contributed by atoms with Crippen molar-refractivity contribution in [1.82, 2.24) is 15.2 Å². The van der Waals surface area contributed by atoms with Crippen molar-refractivity contribution in [2.24, 2.45) is 5.92 Å². The maximum atomic E-state index is 12.2. The predicted molar refractivity (Wildman–Crippen MR) is 107 cm³/mol. The van der Waals surface area contributed by atoms with Gasteiger partial charge in [-0.1, -0.05) is 41.7 Å². The van der Waals surface area contributed by atoms with E-state index in [0.717, 1.165) is 18.4 Å². The predicted octanol–water partition coefficient (Wildman–Crippen LogP) is 3.32. The summed E-state index contributed by atoms with van der Waals surface area (Å²) in [6.45, 7) is 4.57. The summed E-state index contributed by atoms with van der Waals surface area (Å²) >= 11 is 1.25. The Labute approximate surface area is 168 Å². The summed E-state index contributed by atoms with van der Waals surface area (Å²) in [5.74, 6) is 0.217. The van der Waals surface area contributed by atoms with E-state index in [2.05, 4.69) is 10.3 Å². The normalized spacial score (nSPS) is 14.5. The fourth-order valence-corrected chi connectivity index (χ4v) is 3.75. The summed E-state index contributed by atoms with van der Waals surface area (Å²) in [5, 5.41) is 3.47. The lowest BCUT2D eigenvalue weighted by Gasteiger charge is -2.31. The van der Waals surface area contributed by atoms with Crippen LogP contribution in [0.5, 0.6) is 5.19 Å². The molecule has 0 unspecified atom stereocenters. The topological polar surface area (TPSA) is 80.8 Å². The highest BCUT2D eigenvalue weighted by Gasteiger charge is 2.24. The molecule has 150 valence electrons. The third kappa shape index (κ3) is 5.69. The Kier molecular flexibility index (Phi) is 7.25. The number of ether oxygens (including phenoxy) is 2. The highest BCUT2D eigenvalue weighted by atomic mass is 32.1. The summed E-state index contributed by atoms with van der Waals surface area (Å²) < 4.78 is 10.7. The zero-order valence-electron chi connectivity index (χ0n) is 15.9. The molecule has 1 aliphatic heterocycles. The number of rotatable bonds is 7. The number of benzene rings is 1. The van der Waals surface area contributed by atoms with Crippen LogP contribution in [0.3, 0.4) is 0 Å². The van der Waals surface area contributed by atoms with Crippen molar-refractivity contribution in [3.63, 3.8) is 0 Å². The summed E-state index contributed by atoms with van der Waals surface area (Å²) in [6.07, 6.45) is 2.94. The van der Waals surface area contributed by atoms with Gasteiger partial charge in [0.1, 0.15) is 11.5 Å². The minimum atomic E-state index is -0.278. The molecule has 1 saturated heterocycles. The van der Waals surface area contributed by atoms with Gasteiger partial charge in [0.2, 0.25) is 0 Å². The molecule has 1 aromatic heterocycles. The van der Waals surface area contributed by atoms with Gasteiger partial charge in [-0.3, -0.25) is 4.79 Å². The summed E-state index contributed by atoms with van der Waals surface area (Å²) in [7, 11) is 0. The van der Waals surface area contributed by atoms with Crippen molar-refractivity contribution >= 4 is 23.3 Å². The molecule has 2 amide bonds. The van der Waals surface area contributed by atoms with Gasteiger partial charge < -0.3 is 19.7 Å². The van der Waals surface area contributed by atoms with Crippen molar-refractivity contribution in [2.75, 3.05) is 26.2 Å². The zero-order chi connectivity index (χ0) is 19.8. The largest absolute Gasteiger partial charge is 0.470 e. The molecular weight excluding hydrogens is 378 g/mol. The third-order valence-electron chi connectivity index (χ3n) is 4.61. The Bertz CT molecular complexity index is 773. The lowest BCUT2D eigenvalue weighted by molar-refractivity contribution is 0.0801. The molecule has 0 aliphatic carbocycles. The number of hydrogen-bond acceptors (Lipinski definition) is 6. The van der Waals surface area contributed by atoms with Gasteiger partial charge >= 0.3 is 6.09 Å². The molecule has 0 saturated carbocycles. The number of amides is 2. The standard InChI is InChI=1S/C20H25N3O4S/c1-2-26-19-22-13-17(28-19)18(24)21-12-15-8-10-23(11-9-15)20(25)27-14-16-6-4-3-5-7-16/h3-7,13,15H,2,8-12,14H2,1H3,(H,21,24). The van der Waals surface area contributed by atoms with Gasteiger partial charge in [-0.05, 0) is 31.2 Å². The molecule has 8 heteroatoms. The molecular formula is C20H25N3O4S. The van der Waals surface area contributed by atoms with E-state index in [1.54, 1.807) is 4.90 Å². The van der Waals surface area contributed by atoms with Crippen molar-refractivity contribution in [2.45, 2.75) is 26.4 Å². The number of piperidine rings is 1. The lowest BCUT2D eigenvalue weighted by atomic mass is 9.97. The van der Waals surface area contributed by atoms with Crippen LogP contribution in [0.25, 0.3) is 0 Å². The van der Waals surface area contributed by atoms with Gasteiger partial charge in [0.15, 0.2) is 0 Å². The SMILES string of the molecule is CCOc1ncc(C(=O)NCC2CCN(C(=O)OCc3ccccc3)CC2)s1. The lowest BCUT2D eigenvalue weighted by Crippen LogP contribution is -2.41. The van der Waals surface area contributed by atoms with Crippen LogP contribution in [0.4, 0.5) is 4.79 Å². The van der Waals surface area contributed by atoms with E-state index in [1.165, 1.54) is 17.5 Å². The molecule has 0 spiro atoms. The molecule has 1 aromatic carbocycles. The molecule has 0 bridgehead atoms. The van der Waals surface area contributed by atoms with Crippen LogP contribution in [0.15, 0.2) is 36.5 Å². The number of nitrogens with zero attached hydrogens (tertiary/aromatic N) is 2. The second kappa shape index (κ2) is 10.1. The van der Waals surface area contributed by atoms with E-state index in [0.29, 0.717) is 42.2 Å². The average Bonchev–Trinajstić information content (AvgIpc) is 3.20. The Balaban J connectivity index is 1.36. The number of likely N-dealkylation sites (tertiary alicyclic amines) is 1. The minimum absolute atomic E-state index is 0.131. The third-order valence-corrected chi connectivity index (χ3v) is 5.51. The first-order valence-electron chi connectivity index (χ1n) is 9.48. The molecule has 1 aliphatic rings. The quantitative estimate of drug-likeness (QED) is 0.767. The maximum Gasteiger partial charge on any atom is 0.410 e. The highest BCUT2D eigenvalue weighted by molar-refractivity contribution is 7.15. The van der Waals surface area contributed by atoms with E-state index in [1.807, 2.05) is 37.3 Å². The number of nitrogens with one attached hydrogen (secondary N) is 1. The van der Waals surface area contributed by atoms with Crippen LogP contribution in [0.2, 0.25) is 0 Å². The fraction of sp³-hybridized carbons (Fsp3) is 0.450. The monoisotopic (exact) mass is 403 g/mol. The molecule has 0 radical (unpaired) electrons. The minimum Gasteiger partial charge on any atom is -0.470 e. The summed E-state index contributed by atoms with van der Waals surface area (Å²) in [5.41, 5.74) is 0.976. The number of carbonyl (C=O) groups excluding carboxylic acids is 2. The molecule has 0 atom stereocenters. The van der Waals surface area contributed by atoms with Crippen molar-refractivity contribution in [3.8, 4) is 5.19 Å². The first-order valence-corrected chi connectivity index (χ1v) is 10.3. The molecule has 2 heterocycles. The average molecular weight is 404 g/mol. The van der Waals surface area contributed by atoms with Crippen LogP contribution in [-0.2, 0) is 11.3 Å². The van der Waals surface area contributed by atoms with Crippen LogP contribution < -0.4 is 10.1 Å². The molecule has 28 heavy (non-hydrogen) atoms. The van der Waals surface area contributed by atoms with Crippen molar-refractivity contribution < 1.29 is 19.1 Å². The highest BCUT2D eigenvalue weighted by Crippen LogP contribution is 2.21. The number of carbonyl (C=O) groups is 2. The zero-order valence-corrected chi connectivity index (χ0v) is 16.7. The van der Waals surface area contributed by atoms with E-state index < -0.39 is 0 Å². The van der Waals surface area contributed by atoms with Crippen LogP contribution >= 0.6 is 11.3 Å². The maximum absolute atomic E-state index is 12.2. The van der Waals surface area contributed by atoms with Crippen molar-refractivity contribution in [3.05, 3.63) is 47.0 Å². The summed E-state index contributed by atoms with van der Waals surface area (Å²) in [6, 6.07) is 9.65. The van der Waals surface area contributed by atoms with Crippen LogP contribution in [-0.4, -0.2) is 48.1 Å². The fourth-order valence-electron chi connectivity index (χ4n) is 3.01. The second-order valence-corrected chi connectivity index (χ2v) is 7.60. The van der Waals surface area contributed by atoms with Gasteiger partial charge in [0.25, 0.3) is 11.1 Å². The van der Waals surface area contributed by atoms with Crippen molar-refractivity contribution in [1.29, 1.82) is 0 Å². The van der Waals surface area contributed by atoms with Crippen LogP contribution in [0.1, 0.15) is 35.0 Å². The molecule has 1 N–H and O–H groups in total. The van der Waals surface area contributed by atoms with E-state index in [9.17, 15) is 9.59 Å². The Morgan fingerprint density at radius 3 is 2.71 bits per heavy atom. The van der Waals surface area contributed by atoms with Gasteiger partial charge in [-0.2, -0.15) is 0 Å². The Morgan fingerprint density at radius 1 is 1.25 bits per heavy atom. The number of aromatic nitrogens is 1. The molecule has 1 fully saturated rings. The number of hydrogen-bond donors (Lipinski definition) is 1. The Morgan fingerprint density at radius 2 is 2.00 bits per heavy atom. The van der Waals surface area contributed by atoms with E-state index >= 15 is 0 Å². The smallest absolute Gasteiger partial charge is 0.410 e. The Hall–Kier alpha value is -2.61. The van der Waals surface area contributed by atoms with Gasteiger partial charge in [-0.15, -0.1) is 0 Å². The van der Waals surface area contributed by atoms with Gasteiger partial charge in [-0.25, -0.2) is 9.78 Å². The summed E-state index contributed by atoms with van der Waals surface area (Å²) in [4.78, 5) is 30.8. The van der Waals surface area contributed by atoms with E-state index in [-0.39, 0.29) is 18.6 Å². The number of thiazole rings is 1. The first-order chi connectivity index (χ1) is 13.7. The molecule has 2 aromatic rings. The first kappa shape index (κ1) is 20.1. The van der Waals surface area contributed by atoms with Crippen LogP contribution in [0, 0.1) is 5.92 Å². The molecule has 7 nitrogen and oxygen atoms in total. The van der Waals surface area contributed by atoms with E-state index in [4.69, 9.17) is 9.47 Å².